The third-order valence-corrected chi connectivity index (χ3v) is 5.94. The second kappa shape index (κ2) is 7.11. The number of aliphatic hydroxyl groups is 1. The average molecular weight is 381 g/mol. The maximum absolute atomic E-state index is 12.3. The van der Waals surface area contributed by atoms with Crippen molar-refractivity contribution >= 4 is 10.9 Å². The zero-order valence-corrected chi connectivity index (χ0v) is 16.7. The Bertz CT molecular complexity index is 1110. The van der Waals surface area contributed by atoms with Crippen LogP contribution in [0.3, 0.4) is 0 Å². The minimum Gasteiger partial charge on any atom is -0.507 e. The third kappa shape index (κ3) is 3.02. The summed E-state index contributed by atoms with van der Waals surface area (Å²) in [6.45, 7) is 3.19. The van der Waals surface area contributed by atoms with Crippen LogP contribution in [0.5, 0.6) is 5.75 Å². The van der Waals surface area contributed by atoms with Gasteiger partial charge in [0, 0.05) is 47.9 Å². The van der Waals surface area contributed by atoms with Gasteiger partial charge in [0.25, 0.3) is 5.56 Å². The van der Waals surface area contributed by atoms with Crippen LogP contribution in [0.1, 0.15) is 28.8 Å². The molecule has 6 heteroatoms. The predicted octanol–water partition coefficient (Wildman–Crippen LogP) is 2.46. The van der Waals surface area contributed by atoms with Gasteiger partial charge in [0.2, 0.25) is 0 Å². The van der Waals surface area contributed by atoms with Gasteiger partial charge in [-0.15, -0.1) is 0 Å². The SMILES string of the molecule is Cc1c(O)c2c([nH]c1=O)-c1cc3cc(CN(C)CCO)n(C)c3cc1CCC2. The molecule has 0 saturated heterocycles. The van der Waals surface area contributed by atoms with Gasteiger partial charge < -0.3 is 19.8 Å². The molecule has 0 amide bonds. The molecular weight excluding hydrogens is 354 g/mol. The van der Waals surface area contributed by atoms with E-state index in [-0.39, 0.29) is 17.9 Å². The number of aromatic hydroxyl groups is 1. The van der Waals surface area contributed by atoms with Crippen molar-refractivity contribution in [3.63, 3.8) is 0 Å². The van der Waals surface area contributed by atoms with Crippen LogP contribution in [0.25, 0.3) is 22.2 Å². The van der Waals surface area contributed by atoms with Gasteiger partial charge in [-0.25, -0.2) is 0 Å². The van der Waals surface area contributed by atoms with Crippen molar-refractivity contribution in [2.45, 2.75) is 32.7 Å². The molecule has 1 aliphatic carbocycles. The number of hydrogen-bond donors (Lipinski definition) is 3. The Hall–Kier alpha value is -2.57. The van der Waals surface area contributed by atoms with E-state index in [0.717, 1.165) is 53.5 Å². The smallest absolute Gasteiger partial charge is 0.255 e. The lowest BCUT2D eigenvalue weighted by molar-refractivity contribution is 0.215. The van der Waals surface area contributed by atoms with Crippen molar-refractivity contribution in [1.29, 1.82) is 0 Å². The molecule has 0 unspecified atom stereocenters. The van der Waals surface area contributed by atoms with Crippen molar-refractivity contribution in [2.24, 2.45) is 7.05 Å². The number of H-pyrrole nitrogens is 1. The highest BCUT2D eigenvalue weighted by molar-refractivity contribution is 5.89. The molecule has 0 fully saturated rings. The monoisotopic (exact) mass is 381 g/mol. The van der Waals surface area contributed by atoms with Gasteiger partial charge in [0.15, 0.2) is 0 Å². The molecule has 6 nitrogen and oxygen atoms in total. The van der Waals surface area contributed by atoms with Gasteiger partial charge >= 0.3 is 0 Å². The first-order valence-corrected chi connectivity index (χ1v) is 9.76. The zero-order valence-electron chi connectivity index (χ0n) is 16.7. The highest BCUT2D eigenvalue weighted by atomic mass is 16.3. The molecule has 0 bridgehead atoms. The Kier molecular flexibility index (Phi) is 4.77. The predicted molar refractivity (Wildman–Crippen MR) is 111 cm³/mol. The van der Waals surface area contributed by atoms with Crippen LogP contribution in [-0.4, -0.2) is 44.9 Å². The van der Waals surface area contributed by atoms with Crippen molar-refractivity contribution in [3.05, 3.63) is 50.9 Å². The van der Waals surface area contributed by atoms with Gasteiger partial charge in [0.05, 0.1) is 17.9 Å². The van der Waals surface area contributed by atoms with E-state index >= 15 is 0 Å². The number of aromatic amines is 1. The molecule has 3 aromatic rings. The molecule has 3 N–H and O–H groups in total. The number of hydrogen-bond acceptors (Lipinski definition) is 4. The van der Waals surface area contributed by atoms with E-state index in [2.05, 4.69) is 39.7 Å². The molecule has 0 radical (unpaired) electrons. The number of aromatic nitrogens is 2. The van der Waals surface area contributed by atoms with E-state index in [1.165, 1.54) is 11.3 Å². The molecule has 0 aliphatic heterocycles. The molecule has 1 aliphatic rings. The molecule has 0 saturated carbocycles. The lowest BCUT2D eigenvalue weighted by atomic mass is 9.98. The molecular formula is C22H27N3O3. The van der Waals surface area contributed by atoms with E-state index in [4.69, 9.17) is 5.11 Å². The van der Waals surface area contributed by atoms with E-state index in [9.17, 15) is 9.90 Å². The van der Waals surface area contributed by atoms with Crippen LogP contribution in [0.15, 0.2) is 23.0 Å². The first-order chi connectivity index (χ1) is 13.4. The Morgan fingerprint density at radius 2 is 2.04 bits per heavy atom. The molecule has 1 aromatic carbocycles. The Morgan fingerprint density at radius 3 is 2.79 bits per heavy atom. The molecule has 148 valence electrons. The molecule has 0 spiro atoms. The summed E-state index contributed by atoms with van der Waals surface area (Å²) in [6.07, 6.45) is 2.59. The number of aryl methyl sites for hydroxylation is 2. The highest BCUT2D eigenvalue weighted by Crippen LogP contribution is 2.38. The first kappa shape index (κ1) is 18.8. The largest absolute Gasteiger partial charge is 0.507 e. The van der Waals surface area contributed by atoms with Gasteiger partial charge in [-0.3, -0.25) is 9.69 Å². The fraction of sp³-hybridized carbons (Fsp3) is 0.409. The van der Waals surface area contributed by atoms with Crippen molar-refractivity contribution in [1.82, 2.24) is 14.5 Å². The first-order valence-electron chi connectivity index (χ1n) is 9.76. The number of nitrogens with zero attached hydrogens (tertiary/aromatic N) is 2. The zero-order chi connectivity index (χ0) is 20.0. The molecule has 4 rings (SSSR count). The maximum Gasteiger partial charge on any atom is 0.255 e. The van der Waals surface area contributed by atoms with Crippen LogP contribution in [-0.2, 0) is 26.4 Å². The quantitative estimate of drug-likeness (QED) is 0.648. The average Bonchev–Trinajstić information content (AvgIpc) is 2.84. The summed E-state index contributed by atoms with van der Waals surface area (Å²) < 4.78 is 2.20. The minimum absolute atomic E-state index is 0.131. The summed E-state index contributed by atoms with van der Waals surface area (Å²) in [4.78, 5) is 17.4. The highest BCUT2D eigenvalue weighted by Gasteiger charge is 2.22. The number of aliphatic hydroxyl groups excluding tert-OH is 1. The second-order valence-corrected chi connectivity index (χ2v) is 7.86. The Balaban J connectivity index is 1.88. The van der Waals surface area contributed by atoms with Crippen molar-refractivity contribution in [2.75, 3.05) is 20.2 Å². The van der Waals surface area contributed by atoms with Gasteiger partial charge in [-0.2, -0.15) is 0 Å². The lowest BCUT2D eigenvalue weighted by Crippen LogP contribution is -2.22. The van der Waals surface area contributed by atoms with Crippen LogP contribution < -0.4 is 5.56 Å². The van der Waals surface area contributed by atoms with Gasteiger partial charge in [-0.05, 0) is 57.0 Å². The molecule has 28 heavy (non-hydrogen) atoms. The topological polar surface area (TPSA) is 81.5 Å². The summed E-state index contributed by atoms with van der Waals surface area (Å²) in [6, 6.07) is 6.51. The van der Waals surface area contributed by atoms with Crippen LogP contribution in [0, 0.1) is 6.92 Å². The number of rotatable bonds is 4. The second-order valence-electron chi connectivity index (χ2n) is 7.86. The van der Waals surface area contributed by atoms with E-state index < -0.39 is 0 Å². The number of fused-ring (bicyclic) bond motifs is 4. The molecule has 2 aromatic heterocycles. The maximum atomic E-state index is 12.3. The van der Waals surface area contributed by atoms with Crippen molar-refractivity contribution in [3.8, 4) is 17.0 Å². The Morgan fingerprint density at radius 1 is 1.25 bits per heavy atom. The standard InChI is InChI=1S/C22H27N3O3/c1-13-21(27)17-6-4-5-14-11-19-15(10-18(14)20(17)23-22(13)28)9-16(25(19)3)12-24(2)7-8-26/h9-11,26H,4-8,12H2,1-3H3,(H2,23,27,28). The molecule has 2 heterocycles. The molecule has 0 atom stereocenters. The summed E-state index contributed by atoms with van der Waals surface area (Å²) in [5.74, 6) is 0.131. The van der Waals surface area contributed by atoms with E-state index in [1.54, 1.807) is 6.92 Å². The number of nitrogens with one attached hydrogen (secondary N) is 1. The van der Waals surface area contributed by atoms with Crippen molar-refractivity contribution < 1.29 is 10.2 Å². The Labute approximate surface area is 164 Å². The fourth-order valence-corrected chi connectivity index (χ4v) is 4.27. The van der Waals surface area contributed by atoms with Crippen LogP contribution >= 0.6 is 0 Å². The third-order valence-electron chi connectivity index (χ3n) is 5.94. The fourth-order valence-electron chi connectivity index (χ4n) is 4.27. The minimum atomic E-state index is -0.233. The number of pyridine rings is 1. The van der Waals surface area contributed by atoms with Gasteiger partial charge in [-0.1, -0.05) is 0 Å². The normalized spacial score (nSPS) is 13.6. The van der Waals surface area contributed by atoms with Crippen LogP contribution in [0.2, 0.25) is 0 Å². The summed E-state index contributed by atoms with van der Waals surface area (Å²) in [5.41, 5.74) is 6.29. The van der Waals surface area contributed by atoms with Gasteiger partial charge in [0.1, 0.15) is 5.75 Å². The number of likely N-dealkylation sites (N-methyl/N-ethyl adjacent to an activating group) is 1. The van der Waals surface area contributed by atoms with Crippen LogP contribution in [0.4, 0.5) is 0 Å². The van der Waals surface area contributed by atoms with E-state index in [1.807, 2.05) is 7.05 Å². The number of benzene rings is 1. The lowest BCUT2D eigenvalue weighted by Gasteiger charge is -2.15. The summed E-state index contributed by atoms with van der Waals surface area (Å²) in [5, 5.41) is 20.8. The van der Waals surface area contributed by atoms with E-state index in [0.29, 0.717) is 12.1 Å². The summed E-state index contributed by atoms with van der Waals surface area (Å²) in [7, 11) is 4.06. The summed E-state index contributed by atoms with van der Waals surface area (Å²) >= 11 is 0.